The van der Waals surface area contributed by atoms with Crippen LogP contribution in [0.15, 0.2) is 39.1 Å². The molecule has 32 heavy (non-hydrogen) atoms. The third kappa shape index (κ3) is 3.72. The van der Waals surface area contributed by atoms with Crippen LogP contribution in [0.25, 0.3) is 11.2 Å². The van der Waals surface area contributed by atoms with Crippen LogP contribution in [0.2, 0.25) is 0 Å². The summed E-state index contributed by atoms with van der Waals surface area (Å²) in [5.74, 6) is 0.303. The molecule has 5 atom stereocenters. The molecule has 3 unspecified atom stereocenters. The van der Waals surface area contributed by atoms with Gasteiger partial charge in [-0.05, 0) is 23.6 Å². The molecular weight excluding hydrogens is 457 g/mol. The SMILES string of the molecule is CC(C)c1ccc(Sc2nc3c(=O)[nH]c(N)nc3n2[C@@H]2OC3CO[P+](=O)O[C@H]3C2O)cc1. The van der Waals surface area contributed by atoms with Gasteiger partial charge in [0.1, 0.15) is 18.8 Å². The molecule has 13 heteroatoms. The number of aliphatic hydroxyl groups excluding tert-OH is 1. The number of nitrogens with zero attached hydrogens (tertiary/aromatic N) is 3. The molecule has 2 aromatic heterocycles. The summed E-state index contributed by atoms with van der Waals surface area (Å²) in [7, 11) is -2.34. The highest BCUT2D eigenvalue weighted by Crippen LogP contribution is 2.44. The van der Waals surface area contributed by atoms with Crippen LogP contribution < -0.4 is 11.3 Å². The number of aliphatic hydroxyl groups is 1. The van der Waals surface area contributed by atoms with Crippen LogP contribution in [0.4, 0.5) is 5.95 Å². The maximum atomic E-state index is 12.5. The number of hydrogen-bond acceptors (Lipinski definition) is 10. The number of benzene rings is 1. The van der Waals surface area contributed by atoms with Crippen molar-refractivity contribution in [3.8, 4) is 0 Å². The summed E-state index contributed by atoms with van der Waals surface area (Å²) < 4.78 is 29.5. The third-order valence-corrected chi connectivity index (χ3v) is 7.16. The van der Waals surface area contributed by atoms with Gasteiger partial charge in [0.05, 0.1) is 0 Å². The average molecular weight is 478 g/mol. The molecule has 0 spiro atoms. The van der Waals surface area contributed by atoms with Gasteiger partial charge in [-0.2, -0.15) is 4.98 Å². The van der Waals surface area contributed by atoms with Crippen LogP contribution in [0.5, 0.6) is 0 Å². The number of aromatic nitrogens is 4. The van der Waals surface area contributed by atoms with Crippen molar-refractivity contribution in [1.29, 1.82) is 0 Å². The first-order chi connectivity index (χ1) is 15.3. The second kappa shape index (κ2) is 8.22. The van der Waals surface area contributed by atoms with Gasteiger partial charge in [-0.15, -0.1) is 9.05 Å². The monoisotopic (exact) mass is 478 g/mol. The number of aromatic amines is 1. The predicted octanol–water partition coefficient (Wildman–Crippen LogP) is 2.31. The van der Waals surface area contributed by atoms with Gasteiger partial charge in [-0.25, -0.2) is 4.98 Å². The molecular formula is C19H21N5O6PS+. The fraction of sp³-hybridized carbons (Fsp3) is 0.421. The summed E-state index contributed by atoms with van der Waals surface area (Å²) in [6, 6.07) is 7.98. The second-order valence-corrected chi connectivity index (χ2v) is 9.82. The number of nitrogen functional groups attached to an aromatic ring is 1. The van der Waals surface area contributed by atoms with Crippen molar-refractivity contribution in [2.45, 2.75) is 54.4 Å². The number of nitrogens with two attached hydrogens (primary N) is 1. The van der Waals surface area contributed by atoms with Crippen LogP contribution in [0.1, 0.15) is 31.6 Å². The number of imidazole rings is 1. The maximum absolute atomic E-state index is 12.5. The first-order valence-corrected chi connectivity index (χ1v) is 11.9. The van der Waals surface area contributed by atoms with Crippen LogP contribution in [-0.4, -0.2) is 49.5 Å². The zero-order valence-corrected chi connectivity index (χ0v) is 18.9. The number of nitrogens with one attached hydrogen (secondary N) is 1. The van der Waals surface area contributed by atoms with Crippen LogP contribution in [-0.2, 0) is 18.3 Å². The summed E-state index contributed by atoms with van der Waals surface area (Å²) in [5.41, 5.74) is 6.69. The fourth-order valence-corrected chi connectivity index (χ4v) is 5.47. The number of hydrogen-bond donors (Lipinski definition) is 3. The van der Waals surface area contributed by atoms with E-state index < -0.39 is 38.4 Å². The molecule has 3 aromatic rings. The van der Waals surface area contributed by atoms with Crippen molar-refractivity contribution in [2.24, 2.45) is 0 Å². The normalized spacial score (nSPS) is 26.7. The van der Waals surface area contributed by atoms with Gasteiger partial charge in [0.25, 0.3) is 5.56 Å². The molecule has 0 saturated carbocycles. The Balaban J connectivity index is 1.59. The summed E-state index contributed by atoms with van der Waals surface area (Å²) >= 11 is 1.30. The van der Waals surface area contributed by atoms with E-state index in [9.17, 15) is 14.5 Å². The Morgan fingerprint density at radius 1 is 1.31 bits per heavy atom. The Morgan fingerprint density at radius 3 is 2.78 bits per heavy atom. The Labute approximate surface area is 187 Å². The molecule has 2 fully saturated rings. The van der Waals surface area contributed by atoms with E-state index in [1.165, 1.54) is 21.9 Å². The topological polar surface area (TPSA) is 155 Å². The Kier molecular flexibility index (Phi) is 5.52. The predicted molar refractivity (Wildman–Crippen MR) is 116 cm³/mol. The molecule has 1 aromatic carbocycles. The summed E-state index contributed by atoms with van der Waals surface area (Å²) in [6.45, 7) is 4.24. The van der Waals surface area contributed by atoms with Crippen molar-refractivity contribution in [2.75, 3.05) is 12.3 Å². The molecule has 4 N–H and O–H groups in total. The fourth-order valence-electron chi connectivity index (χ4n) is 3.77. The average Bonchev–Trinajstić information content (AvgIpc) is 3.26. The van der Waals surface area contributed by atoms with Gasteiger partial charge in [-0.1, -0.05) is 37.7 Å². The number of fused-ring (bicyclic) bond motifs is 2. The standard InChI is InChI=1S/C19H20N5O6PS/c1-8(2)9-3-5-10(6-4-9)32-19-21-12-15(22-18(20)23-16(12)26)24(19)17-13(25)14-11(29-17)7-28-31(27)30-14/h3-6,8,11,13-14,17,25H,7H2,1-2H3,(H2-,20,22,23,26)/p+1/t11?,13?,14-,17-/m1/s1. The van der Waals surface area contributed by atoms with Gasteiger partial charge in [0, 0.05) is 9.46 Å². The number of H-pyrrole nitrogens is 1. The van der Waals surface area contributed by atoms with Gasteiger partial charge in [-0.3, -0.25) is 14.3 Å². The van der Waals surface area contributed by atoms with E-state index >= 15 is 0 Å². The Morgan fingerprint density at radius 2 is 2.06 bits per heavy atom. The van der Waals surface area contributed by atoms with E-state index in [0.29, 0.717) is 11.1 Å². The van der Waals surface area contributed by atoms with Crippen LogP contribution in [0, 0.1) is 0 Å². The highest BCUT2D eigenvalue weighted by Gasteiger charge is 2.55. The number of rotatable bonds is 4. The zero-order chi connectivity index (χ0) is 22.6. The molecule has 2 saturated heterocycles. The number of ether oxygens (including phenoxy) is 1. The number of anilines is 1. The minimum atomic E-state index is -2.34. The van der Waals surface area contributed by atoms with Gasteiger partial charge < -0.3 is 15.6 Å². The van der Waals surface area contributed by atoms with E-state index in [1.54, 1.807) is 0 Å². The molecule has 168 valence electrons. The zero-order valence-electron chi connectivity index (χ0n) is 17.2. The van der Waals surface area contributed by atoms with E-state index in [0.717, 1.165) is 4.90 Å². The molecule has 5 rings (SSSR count). The molecule has 2 aliphatic heterocycles. The molecule has 11 nitrogen and oxygen atoms in total. The maximum Gasteiger partial charge on any atom is 0.697 e. The van der Waals surface area contributed by atoms with E-state index in [4.69, 9.17) is 19.5 Å². The highest BCUT2D eigenvalue weighted by molar-refractivity contribution is 7.99. The van der Waals surface area contributed by atoms with Crippen LogP contribution >= 0.6 is 20.0 Å². The molecule has 0 amide bonds. The Bertz CT molecular complexity index is 1250. The minimum absolute atomic E-state index is 0.00928. The second-order valence-electron chi connectivity index (χ2n) is 7.86. The van der Waals surface area contributed by atoms with Crippen molar-refractivity contribution < 1.29 is 23.5 Å². The smallest absolute Gasteiger partial charge is 0.385 e. The first kappa shape index (κ1) is 21.5. The lowest BCUT2D eigenvalue weighted by atomic mass is 10.0. The van der Waals surface area contributed by atoms with Gasteiger partial charge in [0.15, 0.2) is 28.7 Å². The van der Waals surface area contributed by atoms with Crippen molar-refractivity contribution in [1.82, 2.24) is 19.5 Å². The van der Waals surface area contributed by atoms with Crippen LogP contribution in [0.3, 0.4) is 0 Å². The van der Waals surface area contributed by atoms with E-state index in [-0.39, 0.29) is 23.7 Å². The van der Waals surface area contributed by atoms with Gasteiger partial charge in [0.2, 0.25) is 5.95 Å². The van der Waals surface area contributed by atoms with Crippen molar-refractivity contribution in [3.63, 3.8) is 0 Å². The summed E-state index contributed by atoms with van der Waals surface area (Å²) in [5, 5.41) is 11.3. The molecule has 4 heterocycles. The van der Waals surface area contributed by atoms with Gasteiger partial charge >= 0.3 is 8.25 Å². The lowest BCUT2D eigenvalue weighted by molar-refractivity contribution is -0.0583. The van der Waals surface area contributed by atoms with Crippen molar-refractivity contribution in [3.05, 3.63) is 40.2 Å². The lowest BCUT2D eigenvalue weighted by Crippen LogP contribution is -2.37. The molecule has 0 radical (unpaired) electrons. The highest BCUT2D eigenvalue weighted by atomic mass is 32.2. The van der Waals surface area contributed by atoms with E-state index in [2.05, 4.69) is 28.8 Å². The van der Waals surface area contributed by atoms with Crippen molar-refractivity contribution >= 4 is 37.1 Å². The minimum Gasteiger partial charge on any atom is -0.385 e. The quantitative estimate of drug-likeness (QED) is 0.476. The molecule has 0 aliphatic carbocycles. The first-order valence-electron chi connectivity index (χ1n) is 9.98. The Hall–Kier alpha value is -2.34. The summed E-state index contributed by atoms with van der Waals surface area (Å²) in [4.78, 5) is 24.5. The summed E-state index contributed by atoms with van der Waals surface area (Å²) in [6.07, 6.45) is -3.67. The third-order valence-electron chi connectivity index (χ3n) is 5.41. The van der Waals surface area contributed by atoms with E-state index in [1.807, 2.05) is 24.3 Å². The lowest BCUT2D eigenvalue weighted by Gasteiger charge is -2.19. The largest absolute Gasteiger partial charge is 0.697 e. The molecule has 0 bridgehead atoms. The molecule has 2 aliphatic rings.